The van der Waals surface area contributed by atoms with E-state index >= 15 is 0 Å². The van der Waals surface area contributed by atoms with E-state index in [2.05, 4.69) is 4.74 Å². The molecule has 0 saturated carbocycles. The Morgan fingerprint density at radius 1 is 1.17 bits per heavy atom. The lowest BCUT2D eigenvalue weighted by atomic mass is 10.1. The number of carbonyl (C=O) groups excluding carboxylic acids is 2. The first-order valence-electron chi connectivity index (χ1n) is 6.70. The Morgan fingerprint density at radius 2 is 1.92 bits per heavy atom. The molecule has 0 bridgehead atoms. The van der Waals surface area contributed by atoms with E-state index in [0.29, 0.717) is 0 Å². The van der Waals surface area contributed by atoms with Gasteiger partial charge in [0.1, 0.15) is 5.82 Å². The van der Waals surface area contributed by atoms with E-state index in [4.69, 9.17) is 4.74 Å². The van der Waals surface area contributed by atoms with E-state index in [-0.39, 0.29) is 16.9 Å². The quantitative estimate of drug-likeness (QED) is 0.349. The van der Waals surface area contributed by atoms with Crippen molar-refractivity contribution in [1.29, 1.82) is 0 Å². The third-order valence-electron chi connectivity index (χ3n) is 3.08. The van der Waals surface area contributed by atoms with Gasteiger partial charge in [-0.05, 0) is 24.3 Å². The highest BCUT2D eigenvalue weighted by molar-refractivity contribution is 5.97. The van der Waals surface area contributed by atoms with Gasteiger partial charge in [-0.15, -0.1) is 0 Å². The topological polar surface area (TPSA) is 95.7 Å². The molecular formula is C16H12FNO6. The first-order chi connectivity index (χ1) is 11.4. The fraction of sp³-hybridized carbons (Fsp3) is 0.125. The number of rotatable bonds is 6. The number of ether oxygens (including phenoxy) is 2. The minimum atomic E-state index is -0.742. The number of methoxy groups -OCH3 is 1. The van der Waals surface area contributed by atoms with Gasteiger partial charge in [-0.3, -0.25) is 14.9 Å². The fourth-order valence-electron chi connectivity index (χ4n) is 1.92. The fourth-order valence-corrected chi connectivity index (χ4v) is 1.92. The summed E-state index contributed by atoms with van der Waals surface area (Å²) in [4.78, 5) is 33.7. The molecular weight excluding hydrogens is 321 g/mol. The van der Waals surface area contributed by atoms with Crippen molar-refractivity contribution in [3.8, 4) is 5.75 Å². The average Bonchev–Trinajstić information content (AvgIpc) is 2.58. The number of ketones is 1. The molecule has 0 saturated heterocycles. The van der Waals surface area contributed by atoms with Crippen LogP contribution in [0.15, 0.2) is 42.5 Å². The highest BCUT2D eigenvalue weighted by Crippen LogP contribution is 2.28. The normalized spacial score (nSPS) is 10.1. The second-order valence-corrected chi connectivity index (χ2v) is 4.65. The van der Waals surface area contributed by atoms with Crippen molar-refractivity contribution in [2.75, 3.05) is 13.7 Å². The maximum Gasteiger partial charge on any atom is 0.338 e. The van der Waals surface area contributed by atoms with Crippen molar-refractivity contribution in [2.24, 2.45) is 0 Å². The van der Waals surface area contributed by atoms with Gasteiger partial charge in [0.05, 0.1) is 17.6 Å². The molecule has 0 atom stereocenters. The molecule has 0 radical (unpaired) electrons. The number of Topliss-reactive ketones (excluding diaryl/α,β-unsaturated/α-hetero) is 1. The summed E-state index contributed by atoms with van der Waals surface area (Å²) < 4.78 is 22.7. The van der Waals surface area contributed by atoms with Gasteiger partial charge in [0.15, 0.2) is 18.1 Å². The van der Waals surface area contributed by atoms with Crippen LogP contribution in [0.4, 0.5) is 10.1 Å². The van der Waals surface area contributed by atoms with Crippen LogP contribution >= 0.6 is 0 Å². The number of carbonyl (C=O) groups is 2. The van der Waals surface area contributed by atoms with Crippen molar-refractivity contribution in [3.63, 3.8) is 0 Å². The zero-order valence-electron chi connectivity index (χ0n) is 12.5. The summed E-state index contributed by atoms with van der Waals surface area (Å²) in [6.07, 6.45) is 0. The lowest BCUT2D eigenvalue weighted by Crippen LogP contribution is -2.13. The molecule has 24 heavy (non-hydrogen) atoms. The number of nitro groups is 1. The third-order valence-corrected chi connectivity index (χ3v) is 3.08. The van der Waals surface area contributed by atoms with Gasteiger partial charge in [0, 0.05) is 11.6 Å². The van der Waals surface area contributed by atoms with Crippen LogP contribution in [0.2, 0.25) is 0 Å². The maximum atomic E-state index is 13.1. The molecule has 124 valence electrons. The molecule has 2 aromatic carbocycles. The number of halogens is 1. The van der Waals surface area contributed by atoms with Crippen LogP contribution in [0.25, 0.3) is 0 Å². The number of hydrogen-bond donors (Lipinski definition) is 0. The summed E-state index contributed by atoms with van der Waals surface area (Å²) >= 11 is 0. The Bertz CT molecular complexity index is 805. The molecule has 8 heteroatoms. The Balaban J connectivity index is 2.18. The molecule has 0 aliphatic heterocycles. The molecule has 0 heterocycles. The van der Waals surface area contributed by atoms with Crippen molar-refractivity contribution >= 4 is 17.4 Å². The number of nitro benzene ring substituents is 1. The van der Waals surface area contributed by atoms with Crippen molar-refractivity contribution < 1.29 is 28.4 Å². The minimum absolute atomic E-state index is 0.0204. The summed E-state index contributed by atoms with van der Waals surface area (Å²) in [5.41, 5.74) is -0.415. The predicted molar refractivity (Wildman–Crippen MR) is 80.7 cm³/mol. The van der Waals surface area contributed by atoms with Crippen LogP contribution < -0.4 is 4.74 Å². The van der Waals surface area contributed by atoms with Crippen LogP contribution in [0.3, 0.4) is 0 Å². The van der Waals surface area contributed by atoms with Gasteiger partial charge in [-0.2, -0.15) is 0 Å². The van der Waals surface area contributed by atoms with Gasteiger partial charge < -0.3 is 9.47 Å². The zero-order chi connectivity index (χ0) is 17.7. The monoisotopic (exact) mass is 333 g/mol. The van der Waals surface area contributed by atoms with Crippen LogP contribution in [0, 0.1) is 15.9 Å². The SMILES string of the molecule is COC(=O)c1ccc(OCC(=O)c2cccc(F)c2)c([N+](=O)[O-])c1. The van der Waals surface area contributed by atoms with Gasteiger partial charge >= 0.3 is 11.7 Å². The smallest absolute Gasteiger partial charge is 0.338 e. The maximum absolute atomic E-state index is 13.1. The molecule has 0 aromatic heterocycles. The van der Waals surface area contributed by atoms with Gasteiger partial charge in [0.25, 0.3) is 0 Å². The standard InChI is InChI=1S/C16H12FNO6/c1-23-16(20)11-5-6-15(13(8-11)18(21)22)24-9-14(19)10-3-2-4-12(17)7-10/h2-8H,9H2,1H3. The Kier molecular flexibility index (Phi) is 5.20. The summed E-state index contributed by atoms with van der Waals surface area (Å²) in [5, 5.41) is 11.1. The molecule has 0 unspecified atom stereocenters. The number of esters is 1. The summed E-state index contributed by atoms with van der Waals surface area (Å²) in [5.74, 6) is -2.03. The summed E-state index contributed by atoms with van der Waals surface area (Å²) in [6.45, 7) is -0.512. The van der Waals surface area contributed by atoms with E-state index in [0.717, 1.165) is 19.2 Å². The lowest BCUT2D eigenvalue weighted by Gasteiger charge is -2.07. The Morgan fingerprint density at radius 3 is 2.54 bits per heavy atom. The lowest BCUT2D eigenvalue weighted by molar-refractivity contribution is -0.385. The van der Waals surface area contributed by atoms with Crippen LogP contribution in [0.5, 0.6) is 5.75 Å². The number of hydrogen-bond acceptors (Lipinski definition) is 6. The highest BCUT2D eigenvalue weighted by atomic mass is 19.1. The first-order valence-corrected chi connectivity index (χ1v) is 6.70. The van der Waals surface area contributed by atoms with Crippen molar-refractivity contribution in [3.05, 3.63) is 69.5 Å². The van der Waals surface area contributed by atoms with Gasteiger partial charge in [-0.1, -0.05) is 12.1 Å². The molecule has 0 aliphatic carbocycles. The predicted octanol–water partition coefficient (Wildman–Crippen LogP) is 2.78. The molecule has 2 aromatic rings. The van der Waals surface area contributed by atoms with Gasteiger partial charge in [-0.25, -0.2) is 9.18 Å². The van der Waals surface area contributed by atoms with Crippen LogP contribution in [-0.4, -0.2) is 30.4 Å². The third kappa shape index (κ3) is 3.92. The van der Waals surface area contributed by atoms with Crippen LogP contribution in [-0.2, 0) is 4.74 Å². The molecule has 0 spiro atoms. The largest absolute Gasteiger partial charge is 0.478 e. The Hall–Kier alpha value is -3.29. The first kappa shape index (κ1) is 17.1. The van der Waals surface area contributed by atoms with E-state index in [9.17, 15) is 24.1 Å². The molecule has 2 rings (SSSR count). The summed E-state index contributed by atoms with van der Waals surface area (Å²) in [7, 11) is 1.15. The molecule has 0 amide bonds. The highest BCUT2D eigenvalue weighted by Gasteiger charge is 2.20. The molecule has 7 nitrogen and oxygen atoms in total. The molecule has 0 N–H and O–H groups in total. The van der Waals surface area contributed by atoms with Crippen LogP contribution in [0.1, 0.15) is 20.7 Å². The van der Waals surface area contributed by atoms with Crippen molar-refractivity contribution in [1.82, 2.24) is 0 Å². The second-order valence-electron chi connectivity index (χ2n) is 4.65. The zero-order valence-corrected chi connectivity index (χ0v) is 12.5. The summed E-state index contributed by atoms with van der Waals surface area (Å²) in [6, 6.07) is 8.48. The Labute approximate surface area is 135 Å². The molecule has 0 fully saturated rings. The van der Waals surface area contributed by atoms with Gasteiger partial charge in [0.2, 0.25) is 0 Å². The second kappa shape index (κ2) is 7.32. The van der Waals surface area contributed by atoms with E-state index < -0.39 is 34.8 Å². The number of benzene rings is 2. The molecule has 0 aliphatic rings. The number of nitrogens with zero attached hydrogens (tertiary/aromatic N) is 1. The van der Waals surface area contributed by atoms with E-state index in [1.165, 1.54) is 30.3 Å². The average molecular weight is 333 g/mol. The van der Waals surface area contributed by atoms with E-state index in [1.807, 2.05) is 0 Å². The van der Waals surface area contributed by atoms with E-state index in [1.54, 1.807) is 0 Å². The van der Waals surface area contributed by atoms with Crippen molar-refractivity contribution in [2.45, 2.75) is 0 Å². The minimum Gasteiger partial charge on any atom is -0.478 e.